The largest absolute Gasteiger partial charge is 0.282 e. The van der Waals surface area contributed by atoms with Gasteiger partial charge in [0.05, 0.1) is 0 Å². The first kappa shape index (κ1) is 12.4. The molecule has 0 nitrogen and oxygen atoms in total. The van der Waals surface area contributed by atoms with E-state index in [-0.39, 0.29) is 0 Å². The number of benzene rings is 1. The molecular weight excluding hydrogens is 262 g/mol. The van der Waals surface area contributed by atoms with Gasteiger partial charge in [-0.15, -0.1) is 0 Å². The quantitative estimate of drug-likeness (QED) is 0.553. The average Bonchev–Trinajstić information content (AvgIpc) is 2.16. The Morgan fingerprint density at radius 1 is 1.27 bits per heavy atom. The molecule has 1 aromatic rings. The maximum absolute atomic E-state index is 13.6. The molecule has 0 amide bonds. The highest BCUT2D eigenvalue weighted by molar-refractivity contribution is 9.09. The number of rotatable bonds is 3. The normalized spacial score (nSPS) is 13.4. The van der Waals surface area contributed by atoms with Gasteiger partial charge in [0.1, 0.15) is 4.83 Å². The van der Waals surface area contributed by atoms with Crippen LogP contribution in [-0.2, 0) is 0 Å². The lowest BCUT2D eigenvalue weighted by molar-refractivity contribution is 0.0536. The van der Waals surface area contributed by atoms with E-state index < -0.39 is 10.7 Å². The van der Waals surface area contributed by atoms with Crippen LogP contribution in [0.4, 0.5) is 8.78 Å². The van der Waals surface area contributed by atoms with E-state index in [4.69, 9.17) is 0 Å². The van der Waals surface area contributed by atoms with Gasteiger partial charge in [0.25, 0.3) is 5.92 Å². The van der Waals surface area contributed by atoms with E-state index in [9.17, 15) is 8.78 Å². The number of hydrogen-bond donors (Lipinski definition) is 0. The molecule has 1 atom stereocenters. The molecule has 0 radical (unpaired) electrons. The predicted molar refractivity (Wildman–Crippen MR) is 62.5 cm³/mol. The summed E-state index contributed by atoms with van der Waals surface area (Å²) >= 11 is 3.04. The van der Waals surface area contributed by atoms with Crippen molar-refractivity contribution in [2.45, 2.75) is 24.6 Å². The zero-order valence-corrected chi connectivity index (χ0v) is 10.3. The van der Waals surface area contributed by atoms with Gasteiger partial charge in [0.2, 0.25) is 0 Å². The second-order valence-corrected chi connectivity index (χ2v) is 4.59. The summed E-state index contributed by atoms with van der Waals surface area (Å²) in [4.78, 5) is -0.971. The smallest absolute Gasteiger partial charge is 0.200 e. The molecule has 82 valence electrons. The zero-order chi connectivity index (χ0) is 11.5. The van der Waals surface area contributed by atoms with Crippen molar-refractivity contribution in [2.75, 3.05) is 0 Å². The predicted octanol–water partition coefficient (Wildman–Crippen LogP) is 4.72. The van der Waals surface area contributed by atoms with Crippen molar-refractivity contribution in [3.05, 3.63) is 47.5 Å². The van der Waals surface area contributed by atoms with Gasteiger partial charge in [0.15, 0.2) is 0 Å². The Labute approximate surface area is 97.1 Å². The maximum Gasteiger partial charge on any atom is 0.282 e. The van der Waals surface area contributed by atoms with E-state index in [2.05, 4.69) is 15.9 Å². The summed E-state index contributed by atoms with van der Waals surface area (Å²) in [5.41, 5.74) is 1.19. The SMILES string of the molecule is CC(C)=CC(F)(F)C(Br)c1ccccc1. The zero-order valence-electron chi connectivity index (χ0n) is 8.68. The Bertz CT molecular complexity index is 340. The van der Waals surface area contributed by atoms with Crippen molar-refractivity contribution in [3.8, 4) is 0 Å². The topological polar surface area (TPSA) is 0 Å². The first-order valence-electron chi connectivity index (χ1n) is 4.66. The molecule has 0 aliphatic rings. The van der Waals surface area contributed by atoms with E-state index >= 15 is 0 Å². The third-order valence-electron chi connectivity index (χ3n) is 1.91. The van der Waals surface area contributed by atoms with Gasteiger partial charge < -0.3 is 0 Å². The van der Waals surface area contributed by atoms with Gasteiger partial charge in [-0.1, -0.05) is 51.8 Å². The average molecular weight is 275 g/mol. The molecule has 0 heterocycles. The van der Waals surface area contributed by atoms with Gasteiger partial charge in [0, 0.05) is 0 Å². The monoisotopic (exact) mass is 274 g/mol. The second kappa shape index (κ2) is 4.88. The second-order valence-electron chi connectivity index (χ2n) is 3.67. The maximum atomic E-state index is 13.6. The molecule has 0 aromatic heterocycles. The standard InChI is InChI=1S/C12H13BrF2/c1-9(2)8-12(14,15)11(13)10-6-4-3-5-7-10/h3-8,11H,1-2H3. The van der Waals surface area contributed by atoms with E-state index in [0.29, 0.717) is 11.1 Å². The Morgan fingerprint density at radius 2 is 1.80 bits per heavy atom. The van der Waals surface area contributed by atoms with Crippen LogP contribution in [0.5, 0.6) is 0 Å². The molecule has 3 heteroatoms. The lowest BCUT2D eigenvalue weighted by atomic mass is 10.1. The molecule has 15 heavy (non-hydrogen) atoms. The highest BCUT2D eigenvalue weighted by atomic mass is 79.9. The summed E-state index contributed by atoms with van der Waals surface area (Å²) in [6.45, 7) is 3.33. The summed E-state index contributed by atoms with van der Waals surface area (Å²) < 4.78 is 27.3. The van der Waals surface area contributed by atoms with Crippen LogP contribution in [0.3, 0.4) is 0 Å². The number of allylic oxidation sites excluding steroid dienone is 2. The minimum absolute atomic E-state index is 0.583. The summed E-state index contributed by atoms with van der Waals surface area (Å²) in [6, 6.07) is 8.69. The fraction of sp³-hybridized carbons (Fsp3) is 0.333. The molecule has 0 N–H and O–H groups in total. The summed E-state index contributed by atoms with van der Waals surface area (Å²) in [5, 5.41) is 0. The summed E-state index contributed by atoms with van der Waals surface area (Å²) in [6.07, 6.45) is 0.986. The van der Waals surface area contributed by atoms with Crippen LogP contribution in [0, 0.1) is 0 Å². The van der Waals surface area contributed by atoms with E-state index in [1.54, 1.807) is 38.1 Å². The molecule has 0 aliphatic heterocycles. The van der Waals surface area contributed by atoms with Gasteiger partial charge in [-0.2, -0.15) is 0 Å². The molecule has 1 aromatic carbocycles. The van der Waals surface area contributed by atoms with Crippen molar-refractivity contribution in [2.24, 2.45) is 0 Å². The van der Waals surface area contributed by atoms with E-state index in [1.165, 1.54) is 0 Å². The third kappa shape index (κ3) is 3.42. The van der Waals surface area contributed by atoms with Crippen LogP contribution in [0.25, 0.3) is 0 Å². The lowest BCUT2D eigenvalue weighted by Gasteiger charge is -2.19. The van der Waals surface area contributed by atoms with Crippen LogP contribution >= 0.6 is 15.9 Å². The highest BCUT2D eigenvalue weighted by Crippen LogP contribution is 2.39. The van der Waals surface area contributed by atoms with Crippen LogP contribution in [0.2, 0.25) is 0 Å². The fourth-order valence-corrected chi connectivity index (χ4v) is 1.74. The van der Waals surface area contributed by atoms with E-state index in [0.717, 1.165) is 6.08 Å². The minimum Gasteiger partial charge on any atom is -0.200 e. The van der Waals surface area contributed by atoms with E-state index in [1.807, 2.05) is 6.07 Å². The molecule has 0 fully saturated rings. The fourth-order valence-electron chi connectivity index (χ4n) is 1.30. The van der Waals surface area contributed by atoms with Crippen LogP contribution in [0.1, 0.15) is 24.2 Å². The molecule has 0 bridgehead atoms. The van der Waals surface area contributed by atoms with Crippen molar-refractivity contribution in [1.29, 1.82) is 0 Å². The van der Waals surface area contributed by atoms with Gasteiger partial charge in [-0.25, -0.2) is 8.78 Å². The van der Waals surface area contributed by atoms with Crippen molar-refractivity contribution in [3.63, 3.8) is 0 Å². The van der Waals surface area contributed by atoms with Crippen LogP contribution in [0.15, 0.2) is 42.0 Å². The number of alkyl halides is 3. The molecule has 0 spiro atoms. The Balaban J connectivity index is 2.94. The Kier molecular flexibility index (Phi) is 4.03. The van der Waals surface area contributed by atoms with Gasteiger partial charge >= 0.3 is 0 Å². The van der Waals surface area contributed by atoms with Gasteiger partial charge in [-0.3, -0.25) is 0 Å². The molecular formula is C12H13BrF2. The van der Waals surface area contributed by atoms with Crippen LogP contribution in [-0.4, -0.2) is 5.92 Å². The van der Waals surface area contributed by atoms with Crippen molar-refractivity contribution in [1.82, 2.24) is 0 Å². The minimum atomic E-state index is -2.86. The van der Waals surface area contributed by atoms with Gasteiger partial charge in [-0.05, 0) is 25.5 Å². The number of halogens is 3. The van der Waals surface area contributed by atoms with Crippen molar-refractivity contribution >= 4 is 15.9 Å². The summed E-state index contributed by atoms with van der Waals surface area (Å²) in [7, 11) is 0. The molecule has 0 saturated carbocycles. The third-order valence-corrected chi connectivity index (χ3v) is 3.05. The number of hydrogen-bond acceptors (Lipinski definition) is 0. The van der Waals surface area contributed by atoms with Crippen LogP contribution < -0.4 is 0 Å². The molecule has 0 saturated heterocycles. The first-order chi connectivity index (χ1) is 6.93. The summed E-state index contributed by atoms with van der Waals surface area (Å²) in [5.74, 6) is -2.86. The molecule has 1 unspecified atom stereocenters. The Hall–Kier alpha value is -0.700. The lowest BCUT2D eigenvalue weighted by Crippen LogP contribution is -2.19. The Morgan fingerprint density at radius 3 is 2.27 bits per heavy atom. The first-order valence-corrected chi connectivity index (χ1v) is 5.58. The highest BCUT2D eigenvalue weighted by Gasteiger charge is 2.36. The van der Waals surface area contributed by atoms with Crippen molar-refractivity contribution < 1.29 is 8.78 Å². The molecule has 0 aliphatic carbocycles. The molecule has 1 rings (SSSR count).